The van der Waals surface area contributed by atoms with Gasteiger partial charge in [-0.05, 0) is 24.3 Å². The van der Waals surface area contributed by atoms with Crippen LogP contribution in [0.5, 0.6) is 0 Å². The van der Waals surface area contributed by atoms with Crippen LogP contribution in [0.4, 0.5) is 4.79 Å². The van der Waals surface area contributed by atoms with Crippen molar-refractivity contribution in [2.45, 2.75) is 15.7 Å². The lowest BCUT2D eigenvalue weighted by molar-refractivity contribution is -0.00218. The van der Waals surface area contributed by atoms with E-state index in [1.54, 1.807) is 0 Å². The molecule has 9 heteroatoms. The second kappa shape index (κ2) is 5.45. The second-order valence-corrected chi connectivity index (χ2v) is 7.48. The number of benzene rings is 1. The topological polar surface area (TPSA) is 115 Å². The maximum Gasteiger partial charge on any atom is 0.407 e. The number of halogens is 1. The molecule has 1 aliphatic rings. The Kier molecular flexibility index (Phi) is 4.16. The number of likely N-dealkylation sites (tertiary alicyclic amines) is 1. The summed E-state index contributed by atoms with van der Waals surface area (Å²) >= 11 is 5.70. The monoisotopic (exact) mass is 335 g/mol. The van der Waals surface area contributed by atoms with Crippen molar-refractivity contribution in [1.29, 1.82) is 0 Å². The maximum absolute atomic E-state index is 12.6. The van der Waals surface area contributed by atoms with Crippen molar-refractivity contribution in [2.24, 2.45) is 0 Å². The molecule has 0 bridgehead atoms. The van der Waals surface area contributed by atoms with Gasteiger partial charge in [-0.25, -0.2) is 13.2 Å². The molecule has 0 aromatic heterocycles. The summed E-state index contributed by atoms with van der Waals surface area (Å²) in [7, 11) is -4.02. The molecule has 3 N–H and O–H groups in total. The Hall–Kier alpha value is -1.35. The molecule has 0 unspecified atom stereocenters. The van der Waals surface area contributed by atoms with Crippen LogP contribution in [0.2, 0.25) is 5.02 Å². The molecule has 21 heavy (non-hydrogen) atoms. The highest BCUT2D eigenvalue weighted by Crippen LogP contribution is 2.31. The molecule has 116 valence electrons. The summed E-state index contributed by atoms with van der Waals surface area (Å²) in [6, 6.07) is 5.32. The fourth-order valence-corrected chi connectivity index (χ4v) is 4.41. The van der Waals surface area contributed by atoms with E-state index >= 15 is 0 Å². The minimum absolute atomic E-state index is 0.0870. The van der Waals surface area contributed by atoms with E-state index in [1.807, 2.05) is 0 Å². The highest BCUT2D eigenvalue weighted by Gasteiger charge is 2.53. The van der Waals surface area contributed by atoms with Crippen LogP contribution < -0.4 is 0 Å². The number of rotatable bonds is 3. The lowest BCUT2D eigenvalue weighted by atomic mass is 10.1. The van der Waals surface area contributed by atoms with Crippen molar-refractivity contribution in [3.63, 3.8) is 0 Å². The highest BCUT2D eigenvalue weighted by atomic mass is 35.5. The van der Waals surface area contributed by atoms with Gasteiger partial charge in [-0.1, -0.05) is 11.6 Å². The van der Waals surface area contributed by atoms with E-state index in [-0.39, 0.29) is 4.90 Å². The number of amides is 1. The molecule has 1 fully saturated rings. The number of aliphatic hydroxyl groups excluding tert-OH is 1. The molecule has 1 aliphatic heterocycles. The normalized spacial score (nSPS) is 26.0. The van der Waals surface area contributed by atoms with E-state index in [1.165, 1.54) is 24.3 Å². The van der Waals surface area contributed by atoms with Gasteiger partial charge in [-0.3, -0.25) is 0 Å². The van der Waals surface area contributed by atoms with Gasteiger partial charge in [-0.2, -0.15) is 0 Å². The molecule has 0 radical (unpaired) electrons. The Balaban J connectivity index is 2.42. The zero-order valence-corrected chi connectivity index (χ0v) is 12.4. The Morgan fingerprint density at radius 1 is 1.38 bits per heavy atom. The molecule has 0 saturated carbocycles. The van der Waals surface area contributed by atoms with Gasteiger partial charge in [0.1, 0.15) is 10.9 Å². The van der Waals surface area contributed by atoms with Crippen molar-refractivity contribution in [3.05, 3.63) is 29.3 Å². The summed E-state index contributed by atoms with van der Waals surface area (Å²) in [4.78, 5) is 11.7. The SMILES string of the molecule is O=C(O)N1C[C@H](S(=O)(=O)c2ccc(Cl)cc2)[C@](O)(CO)C1. The molecule has 1 aromatic carbocycles. The fraction of sp³-hybridized carbons (Fsp3) is 0.417. The van der Waals surface area contributed by atoms with Gasteiger partial charge >= 0.3 is 6.09 Å². The van der Waals surface area contributed by atoms with E-state index < -0.39 is 46.5 Å². The zero-order chi connectivity index (χ0) is 15.8. The first-order chi connectivity index (χ1) is 9.70. The molecule has 2 atom stereocenters. The summed E-state index contributed by atoms with van der Waals surface area (Å²) in [5.74, 6) is 0. The van der Waals surface area contributed by atoms with E-state index in [9.17, 15) is 23.4 Å². The fourth-order valence-electron chi connectivity index (χ4n) is 2.34. The lowest BCUT2D eigenvalue weighted by Gasteiger charge is -2.26. The number of carboxylic acid groups (broad SMARTS) is 1. The first-order valence-corrected chi connectivity index (χ1v) is 7.94. The molecule has 1 heterocycles. The summed E-state index contributed by atoms with van der Waals surface area (Å²) < 4.78 is 25.1. The number of sulfone groups is 1. The summed E-state index contributed by atoms with van der Waals surface area (Å²) in [5, 5.41) is 27.4. The molecule has 0 spiro atoms. The average molecular weight is 336 g/mol. The number of carbonyl (C=O) groups is 1. The minimum atomic E-state index is -4.02. The quantitative estimate of drug-likeness (QED) is 0.726. The van der Waals surface area contributed by atoms with E-state index in [0.717, 1.165) is 4.90 Å². The largest absolute Gasteiger partial charge is 0.465 e. The second-order valence-electron chi connectivity index (χ2n) is 4.91. The van der Waals surface area contributed by atoms with Crippen LogP contribution in [0, 0.1) is 0 Å². The van der Waals surface area contributed by atoms with Crippen molar-refractivity contribution in [1.82, 2.24) is 4.90 Å². The van der Waals surface area contributed by atoms with Gasteiger partial charge in [0.05, 0.1) is 18.0 Å². The van der Waals surface area contributed by atoms with Crippen molar-refractivity contribution in [3.8, 4) is 0 Å². The van der Waals surface area contributed by atoms with Crippen LogP contribution in [-0.4, -0.2) is 65.3 Å². The third-order valence-corrected chi connectivity index (χ3v) is 6.03. The summed E-state index contributed by atoms with van der Waals surface area (Å²) in [6.07, 6.45) is -1.35. The van der Waals surface area contributed by atoms with Crippen LogP contribution >= 0.6 is 11.6 Å². The third-order valence-electron chi connectivity index (χ3n) is 3.51. The summed E-state index contributed by atoms with van der Waals surface area (Å²) in [6.45, 7) is -1.72. The Bertz CT molecular complexity index is 646. The van der Waals surface area contributed by atoms with E-state index in [2.05, 4.69) is 0 Å². The molecule has 1 amide bonds. The number of nitrogens with zero attached hydrogens (tertiary/aromatic N) is 1. The van der Waals surface area contributed by atoms with Crippen LogP contribution in [0.15, 0.2) is 29.2 Å². The van der Waals surface area contributed by atoms with Gasteiger partial charge in [0.25, 0.3) is 0 Å². The predicted molar refractivity (Wildman–Crippen MR) is 74.1 cm³/mol. The van der Waals surface area contributed by atoms with E-state index in [0.29, 0.717) is 5.02 Å². The highest BCUT2D eigenvalue weighted by molar-refractivity contribution is 7.92. The molecular weight excluding hydrogens is 322 g/mol. The van der Waals surface area contributed by atoms with Gasteiger partial charge in [0, 0.05) is 11.6 Å². The molecular formula is C12H14ClNO6S. The van der Waals surface area contributed by atoms with Crippen LogP contribution in [0.1, 0.15) is 0 Å². The van der Waals surface area contributed by atoms with Crippen LogP contribution in [-0.2, 0) is 9.84 Å². The predicted octanol–water partition coefficient (Wildman–Crippen LogP) is 0.199. The third kappa shape index (κ3) is 2.84. The Morgan fingerprint density at radius 2 is 1.95 bits per heavy atom. The van der Waals surface area contributed by atoms with Crippen LogP contribution in [0.25, 0.3) is 0 Å². The molecule has 1 aromatic rings. The van der Waals surface area contributed by atoms with Gasteiger partial charge in [-0.15, -0.1) is 0 Å². The lowest BCUT2D eigenvalue weighted by Crippen LogP contribution is -2.49. The molecule has 7 nitrogen and oxygen atoms in total. The minimum Gasteiger partial charge on any atom is -0.465 e. The van der Waals surface area contributed by atoms with Crippen molar-refractivity contribution < 1.29 is 28.5 Å². The molecule has 0 aliphatic carbocycles. The zero-order valence-electron chi connectivity index (χ0n) is 10.8. The summed E-state index contributed by atoms with van der Waals surface area (Å²) in [5.41, 5.74) is -2.03. The van der Waals surface area contributed by atoms with Gasteiger partial charge in [0.2, 0.25) is 0 Å². The van der Waals surface area contributed by atoms with E-state index in [4.69, 9.17) is 16.7 Å². The Morgan fingerprint density at radius 3 is 2.43 bits per heavy atom. The van der Waals surface area contributed by atoms with Crippen molar-refractivity contribution >= 4 is 27.5 Å². The Labute approximate surface area is 126 Å². The number of aliphatic hydroxyl groups is 2. The van der Waals surface area contributed by atoms with Crippen molar-refractivity contribution in [2.75, 3.05) is 19.7 Å². The smallest absolute Gasteiger partial charge is 0.407 e. The number of hydrogen-bond donors (Lipinski definition) is 3. The van der Waals surface area contributed by atoms with Crippen LogP contribution in [0.3, 0.4) is 0 Å². The first kappa shape index (κ1) is 16.0. The average Bonchev–Trinajstić information content (AvgIpc) is 2.79. The first-order valence-electron chi connectivity index (χ1n) is 6.01. The number of hydrogen-bond acceptors (Lipinski definition) is 5. The molecule has 1 saturated heterocycles. The maximum atomic E-state index is 12.6. The standard InChI is InChI=1S/C12H14ClNO6S/c13-8-1-3-9(4-2-8)21(19,20)10-5-14(11(16)17)6-12(10,18)7-15/h1-4,10,15,18H,5-7H2,(H,16,17)/t10-,12+/m0/s1. The van der Waals surface area contributed by atoms with Gasteiger partial charge < -0.3 is 20.2 Å². The van der Waals surface area contributed by atoms with Gasteiger partial charge in [0.15, 0.2) is 9.84 Å². The number of β-amino-alcohol motifs (C(OH)–C–C–N with tert-alkyl or cyclic N) is 1. The molecule has 2 rings (SSSR count).